The van der Waals surface area contributed by atoms with Gasteiger partial charge in [0.15, 0.2) is 12.0 Å². The van der Waals surface area contributed by atoms with Gasteiger partial charge in [0.2, 0.25) is 0 Å². The summed E-state index contributed by atoms with van der Waals surface area (Å²) in [6.45, 7) is 7.32. The minimum atomic E-state index is -0.512. The lowest BCUT2D eigenvalue weighted by Gasteiger charge is -2.41. The van der Waals surface area contributed by atoms with Crippen LogP contribution in [0.1, 0.15) is 54.2 Å². The highest BCUT2D eigenvalue weighted by molar-refractivity contribution is 6.22. The van der Waals surface area contributed by atoms with E-state index in [0.717, 1.165) is 22.3 Å². The number of rotatable bonds is 10. The SMILES string of the molecule is CC(C)(C)N(Cc1ccccc1)C(CCOc1cccc2c1-c1ccccc1C2=O)OC(=O)Cc1ccccc1. The maximum atomic E-state index is 13.1. The summed E-state index contributed by atoms with van der Waals surface area (Å²) < 4.78 is 12.5. The van der Waals surface area contributed by atoms with E-state index in [9.17, 15) is 9.59 Å². The summed E-state index contributed by atoms with van der Waals surface area (Å²) in [5, 5.41) is 0. The highest BCUT2D eigenvalue weighted by Crippen LogP contribution is 2.42. The quantitative estimate of drug-likeness (QED) is 0.142. The van der Waals surface area contributed by atoms with Gasteiger partial charge in [-0.25, -0.2) is 0 Å². The molecule has 5 rings (SSSR count). The largest absolute Gasteiger partial charge is 0.493 e. The molecule has 5 nitrogen and oxygen atoms in total. The van der Waals surface area contributed by atoms with Crippen LogP contribution in [0.2, 0.25) is 0 Å². The highest BCUT2D eigenvalue weighted by Gasteiger charge is 2.33. The minimum Gasteiger partial charge on any atom is -0.493 e. The third-order valence-corrected chi connectivity index (χ3v) is 7.20. The number of nitrogens with zero attached hydrogens (tertiary/aromatic N) is 1. The van der Waals surface area contributed by atoms with Gasteiger partial charge >= 0.3 is 5.97 Å². The highest BCUT2D eigenvalue weighted by atomic mass is 16.6. The molecule has 5 heteroatoms. The zero-order chi connectivity index (χ0) is 28.1. The van der Waals surface area contributed by atoms with Crippen LogP contribution in [0.15, 0.2) is 103 Å². The Kier molecular flexibility index (Phi) is 8.13. The number of fused-ring (bicyclic) bond motifs is 3. The second-order valence-corrected chi connectivity index (χ2v) is 11.1. The molecule has 0 N–H and O–H groups in total. The van der Waals surface area contributed by atoms with E-state index in [1.807, 2.05) is 91.0 Å². The van der Waals surface area contributed by atoms with Gasteiger partial charge in [0.25, 0.3) is 0 Å². The van der Waals surface area contributed by atoms with Crippen molar-refractivity contribution in [1.82, 2.24) is 4.90 Å². The van der Waals surface area contributed by atoms with Crippen molar-refractivity contribution < 1.29 is 19.1 Å². The van der Waals surface area contributed by atoms with Crippen molar-refractivity contribution in [3.05, 3.63) is 125 Å². The third kappa shape index (κ3) is 6.16. The Bertz CT molecular complexity index is 1470. The number of benzene rings is 4. The first kappa shape index (κ1) is 27.4. The Hall–Kier alpha value is -4.22. The van der Waals surface area contributed by atoms with Crippen LogP contribution in [0.5, 0.6) is 5.75 Å². The zero-order valence-corrected chi connectivity index (χ0v) is 23.3. The lowest BCUT2D eigenvalue weighted by Crippen LogP contribution is -2.50. The molecule has 0 heterocycles. The van der Waals surface area contributed by atoms with Crippen LogP contribution >= 0.6 is 0 Å². The molecule has 4 aromatic rings. The van der Waals surface area contributed by atoms with Crippen LogP contribution < -0.4 is 4.74 Å². The maximum Gasteiger partial charge on any atom is 0.311 e. The number of hydrogen-bond donors (Lipinski definition) is 0. The molecule has 1 unspecified atom stereocenters. The van der Waals surface area contributed by atoms with E-state index in [1.165, 1.54) is 0 Å². The van der Waals surface area contributed by atoms with Crippen molar-refractivity contribution in [1.29, 1.82) is 0 Å². The molecule has 40 heavy (non-hydrogen) atoms. The van der Waals surface area contributed by atoms with Gasteiger partial charge in [0.05, 0.1) is 13.0 Å². The van der Waals surface area contributed by atoms with E-state index in [-0.39, 0.29) is 23.7 Å². The second-order valence-electron chi connectivity index (χ2n) is 11.1. The monoisotopic (exact) mass is 533 g/mol. The molecule has 0 aliphatic heterocycles. The fourth-order valence-corrected chi connectivity index (χ4v) is 5.22. The summed E-state index contributed by atoms with van der Waals surface area (Å²) >= 11 is 0. The number of carbonyl (C=O) groups is 2. The van der Waals surface area contributed by atoms with Gasteiger partial charge in [0, 0.05) is 35.2 Å². The first-order chi connectivity index (χ1) is 19.3. The van der Waals surface area contributed by atoms with E-state index < -0.39 is 6.23 Å². The Balaban J connectivity index is 1.37. The number of hydrogen-bond acceptors (Lipinski definition) is 5. The lowest BCUT2D eigenvalue weighted by atomic mass is 10.0. The summed E-state index contributed by atoms with van der Waals surface area (Å²) in [7, 11) is 0. The first-order valence-electron chi connectivity index (χ1n) is 13.8. The Morgan fingerprint density at radius 1 is 0.750 bits per heavy atom. The van der Waals surface area contributed by atoms with Crippen molar-refractivity contribution in [2.24, 2.45) is 0 Å². The minimum absolute atomic E-state index is 0.0190. The fourth-order valence-electron chi connectivity index (χ4n) is 5.22. The van der Waals surface area contributed by atoms with Crippen molar-refractivity contribution >= 4 is 11.8 Å². The summed E-state index contributed by atoms with van der Waals surface area (Å²) in [5.41, 5.74) is 4.84. The van der Waals surface area contributed by atoms with Gasteiger partial charge in [-0.05, 0) is 43.5 Å². The molecular weight excluding hydrogens is 498 g/mol. The van der Waals surface area contributed by atoms with Gasteiger partial charge in [0.1, 0.15) is 5.75 Å². The van der Waals surface area contributed by atoms with Gasteiger partial charge in [-0.15, -0.1) is 0 Å². The third-order valence-electron chi connectivity index (χ3n) is 7.20. The first-order valence-corrected chi connectivity index (χ1v) is 13.8. The summed E-state index contributed by atoms with van der Waals surface area (Å²) in [6.07, 6.45) is 0.151. The van der Waals surface area contributed by atoms with Crippen LogP contribution in [0.3, 0.4) is 0 Å². The van der Waals surface area contributed by atoms with Gasteiger partial charge in [-0.2, -0.15) is 0 Å². The predicted octanol–water partition coefficient (Wildman–Crippen LogP) is 7.08. The van der Waals surface area contributed by atoms with E-state index in [4.69, 9.17) is 9.47 Å². The van der Waals surface area contributed by atoms with Crippen LogP contribution in [-0.2, 0) is 22.5 Å². The van der Waals surface area contributed by atoms with E-state index >= 15 is 0 Å². The smallest absolute Gasteiger partial charge is 0.311 e. The summed E-state index contributed by atoms with van der Waals surface area (Å²) in [4.78, 5) is 28.3. The van der Waals surface area contributed by atoms with Gasteiger partial charge < -0.3 is 9.47 Å². The van der Waals surface area contributed by atoms with Crippen LogP contribution in [0.25, 0.3) is 11.1 Å². The van der Waals surface area contributed by atoms with Crippen molar-refractivity contribution in [3.8, 4) is 16.9 Å². The molecule has 0 amide bonds. The Morgan fingerprint density at radius 3 is 2.02 bits per heavy atom. The van der Waals surface area contributed by atoms with Crippen molar-refractivity contribution in [2.75, 3.05) is 6.61 Å². The molecule has 0 saturated carbocycles. The summed E-state index contributed by atoms with van der Waals surface area (Å²) in [6, 6.07) is 33.1. The molecule has 4 aromatic carbocycles. The second kappa shape index (κ2) is 11.9. The fraction of sp³-hybridized carbons (Fsp3) is 0.257. The number of ketones is 1. The molecular formula is C35H35NO4. The van der Waals surface area contributed by atoms with Crippen LogP contribution in [-0.4, -0.2) is 35.0 Å². The molecule has 0 fully saturated rings. The van der Waals surface area contributed by atoms with Crippen LogP contribution in [0, 0.1) is 0 Å². The molecule has 0 bridgehead atoms. The van der Waals surface area contributed by atoms with Gasteiger partial charge in [-0.1, -0.05) is 97.1 Å². The zero-order valence-electron chi connectivity index (χ0n) is 23.3. The number of carbonyl (C=O) groups excluding carboxylic acids is 2. The number of ether oxygens (including phenoxy) is 2. The molecule has 1 aliphatic rings. The van der Waals surface area contributed by atoms with E-state index in [1.54, 1.807) is 0 Å². The average Bonchev–Trinajstić information content (AvgIpc) is 3.24. The Labute approximate surface area is 236 Å². The summed E-state index contributed by atoms with van der Waals surface area (Å²) in [5.74, 6) is 0.403. The molecule has 0 saturated heterocycles. The molecule has 0 aromatic heterocycles. The van der Waals surface area contributed by atoms with Gasteiger partial charge in [-0.3, -0.25) is 14.5 Å². The normalized spacial score (nSPS) is 13.1. The van der Waals surface area contributed by atoms with E-state index in [2.05, 4.69) is 37.8 Å². The van der Waals surface area contributed by atoms with Crippen LogP contribution in [0.4, 0.5) is 0 Å². The number of esters is 1. The maximum absolute atomic E-state index is 13.1. The Morgan fingerprint density at radius 2 is 1.35 bits per heavy atom. The van der Waals surface area contributed by atoms with E-state index in [0.29, 0.717) is 36.4 Å². The van der Waals surface area contributed by atoms with Crippen molar-refractivity contribution in [3.63, 3.8) is 0 Å². The lowest BCUT2D eigenvalue weighted by molar-refractivity contribution is -0.167. The molecule has 1 atom stereocenters. The topological polar surface area (TPSA) is 55.8 Å². The molecule has 0 radical (unpaired) electrons. The molecule has 1 aliphatic carbocycles. The average molecular weight is 534 g/mol. The molecule has 204 valence electrons. The standard InChI is InChI=1S/C35H35NO4/c1-35(2,3)36(24-26-15-8-5-9-16-26)31(40-32(37)23-25-13-6-4-7-14-25)21-22-39-30-20-12-19-29-33(30)27-17-10-11-18-28(27)34(29)38/h4-20,31H,21-24H2,1-3H3. The molecule has 0 spiro atoms. The van der Waals surface area contributed by atoms with Crippen molar-refractivity contribution in [2.45, 2.75) is 51.9 Å². The predicted molar refractivity (Wildman–Crippen MR) is 157 cm³/mol.